The number of hydrogen-bond donors (Lipinski definition) is 1. The fourth-order valence-electron chi connectivity index (χ4n) is 2.60. The summed E-state index contributed by atoms with van der Waals surface area (Å²) in [6, 6.07) is 11.2. The van der Waals surface area contributed by atoms with Gasteiger partial charge in [-0.2, -0.15) is 0 Å². The normalized spacial score (nSPS) is 14.3. The molecule has 1 heterocycles. The number of ether oxygens (including phenoxy) is 1. The molecule has 26 heavy (non-hydrogen) atoms. The second-order valence-corrected chi connectivity index (χ2v) is 6.40. The van der Waals surface area contributed by atoms with E-state index in [-0.39, 0.29) is 21.3 Å². The van der Waals surface area contributed by atoms with Crippen molar-refractivity contribution in [3.05, 3.63) is 63.8 Å². The van der Waals surface area contributed by atoms with Crippen molar-refractivity contribution in [3.8, 4) is 5.75 Å². The van der Waals surface area contributed by atoms with E-state index in [9.17, 15) is 14.7 Å². The first-order valence-corrected chi connectivity index (χ1v) is 8.70. The molecule has 0 radical (unpaired) electrons. The molecule has 2 aromatic rings. The maximum atomic E-state index is 12.8. The van der Waals surface area contributed by atoms with Gasteiger partial charge in [-0.15, -0.1) is 0 Å². The van der Waals surface area contributed by atoms with Crippen LogP contribution in [-0.2, 0) is 9.59 Å². The summed E-state index contributed by atoms with van der Waals surface area (Å²) in [7, 11) is 0. The van der Waals surface area contributed by atoms with Gasteiger partial charge in [0.1, 0.15) is 5.75 Å². The quantitative estimate of drug-likeness (QED) is 0.754. The van der Waals surface area contributed by atoms with Gasteiger partial charge in [0.25, 0.3) is 5.91 Å². The van der Waals surface area contributed by atoms with Crippen LogP contribution < -0.4 is 9.64 Å². The number of aliphatic hydroxyl groups excluding tert-OH is 1. The summed E-state index contributed by atoms with van der Waals surface area (Å²) in [5.41, 5.74) is 0.442. The van der Waals surface area contributed by atoms with Crippen molar-refractivity contribution >= 4 is 46.3 Å². The van der Waals surface area contributed by atoms with Crippen molar-refractivity contribution in [2.45, 2.75) is 13.3 Å². The molecule has 7 heteroatoms. The minimum Gasteiger partial charge on any atom is -0.502 e. The Morgan fingerprint density at radius 2 is 1.73 bits per heavy atom. The van der Waals surface area contributed by atoms with Gasteiger partial charge in [0, 0.05) is 0 Å². The molecule has 5 nitrogen and oxygen atoms in total. The highest BCUT2D eigenvalue weighted by Crippen LogP contribution is 2.38. The Bertz CT molecular complexity index is 906. The number of imide groups is 1. The lowest BCUT2D eigenvalue weighted by atomic mass is 10.1. The molecule has 0 atom stereocenters. The van der Waals surface area contributed by atoms with Crippen LogP contribution in [0.4, 0.5) is 5.69 Å². The average molecular weight is 392 g/mol. The summed E-state index contributed by atoms with van der Waals surface area (Å²) in [6.45, 7) is 2.57. The molecule has 1 aliphatic heterocycles. The number of amides is 2. The molecular formula is C19H15Cl2NO4. The number of benzene rings is 2. The number of carbonyl (C=O) groups excluding carboxylic acids is 2. The van der Waals surface area contributed by atoms with Crippen LogP contribution in [0.5, 0.6) is 5.75 Å². The zero-order valence-electron chi connectivity index (χ0n) is 13.8. The van der Waals surface area contributed by atoms with Crippen molar-refractivity contribution in [1.29, 1.82) is 0 Å². The molecule has 3 rings (SSSR count). The monoisotopic (exact) mass is 391 g/mol. The van der Waals surface area contributed by atoms with Gasteiger partial charge in [0.2, 0.25) is 0 Å². The first kappa shape index (κ1) is 18.3. The molecular weight excluding hydrogens is 377 g/mol. The Labute approximate surface area is 160 Å². The third-order valence-electron chi connectivity index (χ3n) is 3.85. The number of nitrogens with zero attached hydrogens (tertiary/aromatic N) is 1. The standard InChI is InChI=1S/C19H15Cl2NO4/c1-2-10-26-12-8-6-11(7-9-12)15-17(23)19(25)22(18(15)24)14-5-3-4-13(20)16(14)21/h3-9,23H,2,10H2,1H3. The summed E-state index contributed by atoms with van der Waals surface area (Å²) >= 11 is 12.1. The Morgan fingerprint density at radius 3 is 2.38 bits per heavy atom. The number of carbonyl (C=O) groups is 2. The van der Waals surface area contributed by atoms with Gasteiger partial charge < -0.3 is 9.84 Å². The molecule has 0 spiro atoms. The maximum Gasteiger partial charge on any atom is 0.301 e. The van der Waals surface area contributed by atoms with Crippen molar-refractivity contribution < 1.29 is 19.4 Å². The highest BCUT2D eigenvalue weighted by molar-refractivity contribution is 6.49. The van der Waals surface area contributed by atoms with Crippen molar-refractivity contribution in [2.75, 3.05) is 11.5 Å². The second kappa shape index (κ2) is 7.40. The number of hydrogen-bond acceptors (Lipinski definition) is 4. The molecule has 0 fully saturated rings. The van der Waals surface area contributed by atoms with E-state index in [1.54, 1.807) is 36.4 Å². The van der Waals surface area contributed by atoms with E-state index in [0.717, 1.165) is 11.3 Å². The zero-order chi connectivity index (χ0) is 18.8. The van der Waals surface area contributed by atoms with E-state index >= 15 is 0 Å². The van der Waals surface area contributed by atoms with Gasteiger partial charge >= 0.3 is 5.91 Å². The van der Waals surface area contributed by atoms with Crippen LogP contribution in [0.1, 0.15) is 18.9 Å². The van der Waals surface area contributed by atoms with Gasteiger partial charge in [-0.3, -0.25) is 9.59 Å². The largest absolute Gasteiger partial charge is 0.502 e. The maximum absolute atomic E-state index is 12.8. The van der Waals surface area contributed by atoms with E-state index < -0.39 is 17.6 Å². The fourth-order valence-corrected chi connectivity index (χ4v) is 2.98. The Kier molecular flexibility index (Phi) is 5.20. The molecule has 134 valence electrons. The predicted molar refractivity (Wildman–Crippen MR) is 101 cm³/mol. The topological polar surface area (TPSA) is 66.8 Å². The van der Waals surface area contributed by atoms with E-state index in [4.69, 9.17) is 27.9 Å². The summed E-state index contributed by atoms with van der Waals surface area (Å²) < 4.78 is 5.49. The Hall–Kier alpha value is -2.50. The number of anilines is 1. The summed E-state index contributed by atoms with van der Waals surface area (Å²) in [6.07, 6.45) is 0.871. The Morgan fingerprint density at radius 1 is 1.04 bits per heavy atom. The van der Waals surface area contributed by atoms with Crippen LogP contribution >= 0.6 is 23.2 Å². The van der Waals surface area contributed by atoms with Crippen LogP contribution in [0.15, 0.2) is 48.2 Å². The van der Waals surface area contributed by atoms with E-state index in [1.807, 2.05) is 6.92 Å². The third kappa shape index (κ3) is 3.16. The van der Waals surface area contributed by atoms with Gasteiger partial charge in [-0.25, -0.2) is 4.90 Å². The minimum atomic E-state index is -0.847. The lowest BCUT2D eigenvalue weighted by molar-refractivity contribution is -0.121. The van der Waals surface area contributed by atoms with Crippen molar-refractivity contribution in [3.63, 3.8) is 0 Å². The zero-order valence-corrected chi connectivity index (χ0v) is 15.3. The second-order valence-electron chi connectivity index (χ2n) is 5.62. The van der Waals surface area contributed by atoms with E-state index in [0.29, 0.717) is 17.9 Å². The van der Waals surface area contributed by atoms with Crippen LogP contribution in [0.25, 0.3) is 5.57 Å². The first-order chi connectivity index (χ1) is 12.5. The molecule has 2 amide bonds. The summed E-state index contributed by atoms with van der Waals surface area (Å²) in [5, 5.41) is 10.5. The van der Waals surface area contributed by atoms with Crippen LogP contribution in [0.2, 0.25) is 10.0 Å². The van der Waals surface area contributed by atoms with Gasteiger partial charge in [-0.1, -0.05) is 48.3 Å². The molecule has 0 aromatic heterocycles. The van der Waals surface area contributed by atoms with Crippen LogP contribution in [0.3, 0.4) is 0 Å². The summed E-state index contributed by atoms with van der Waals surface area (Å²) in [5.74, 6) is -1.50. The molecule has 1 aliphatic rings. The molecule has 0 bridgehead atoms. The van der Waals surface area contributed by atoms with E-state index in [1.165, 1.54) is 6.07 Å². The SMILES string of the molecule is CCCOc1ccc(C2=C(O)C(=O)N(c3cccc(Cl)c3Cl)C2=O)cc1. The molecule has 0 aliphatic carbocycles. The van der Waals surface area contributed by atoms with Gasteiger partial charge in [-0.05, 0) is 36.2 Å². The average Bonchev–Trinajstić information content (AvgIpc) is 2.86. The Balaban J connectivity index is 1.95. The molecule has 0 saturated heterocycles. The lowest BCUT2D eigenvalue weighted by Crippen LogP contribution is -2.31. The van der Waals surface area contributed by atoms with Gasteiger partial charge in [0.05, 0.1) is 27.9 Å². The molecule has 0 unspecified atom stereocenters. The van der Waals surface area contributed by atoms with Crippen LogP contribution in [0, 0.1) is 0 Å². The molecule has 1 N–H and O–H groups in total. The fraction of sp³-hybridized carbons (Fsp3) is 0.158. The third-order valence-corrected chi connectivity index (χ3v) is 4.66. The van der Waals surface area contributed by atoms with E-state index in [2.05, 4.69) is 0 Å². The first-order valence-electron chi connectivity index (χ1n) is 7.95. The number of halogens is 2. The van der Waals surface area contributed by atoms with Crippen molar-refractivity contribution in [1.82, 2.24) is 0 Å². The number of aliphatic hydroxyl groups is 1. The smallest absolute Gasteiger partial charge is 0.301 e. The highest BCUT2D eigenvalue weighted by atomic mass is 35.5. The minimum absolute atomic E-state index is 0.0632. The van der Waals surface area contributed by atoms with Gasteiger partial charge in [0.15, 0.2) is 5.76 Å². The van der Waals surface area contributed by atoms with Crippen molar-refractivity contribution in [2.24, 2.45) is 0 Å². The predicted octanol–water partition coefficient (Wildman–Crippen LogP) is 4.62. The number of rotatable bonds is 5. The van der Waals surface area contributed by atoms with Crippen LogP contribution in [-0.4, -0.2) is 23.5 Å². The molecule has 0 saturated carbocycles. The molecule has 2 aromatic carbocycles. The highest BCUT2D eigenvalue weighted by Gasteiger charge is 2.41. The lowest BCUT2D eigenvalue weighted by Gasteiger charge is -2.16. The summed E-state index contributed by atoms with van der Waals surface area (Å²) in [4.78, 5) is 26.1.